The van der Waals surface area contributed by atoms with E-state index < -0.39 is 0 Å². The van der Waals surface area contributed by atoms with Gasteiger partial charge in [-0.05, 0) is 37.5 Å². The van der Waals surface area contributed by atoms with Gasteiger partial charge >= 0.3 is 0 Å². The lowest BCUT2D eigenvalue weighted by atomic mass is 10.0. The van der Waals surface area contributed by atoms with Crippen molar-refractivity contribution in [3.8, 4) is 0 Å². The molecule has 1 aliphatic rings. The van der Waals surface area contributed by atoms with Gasteiger partial charge in [0.15, 0.2) is 5.78 Å². The second-order valence-electron chi connectivity index (χ2n) is 6.36. The first-order valence-electron chi connectivity index (χ1n) is 7.67. The summed E-state index contributed by atoms with van der Waals surface area (Å²) < 4.78 is 13.7. The number of nitrogens with zero attached hydrogens (tertiary/aromatic N) is 2. The highest BCUT2D eigenvalue weighted by molar-refractivity contribution is 6.00. The predicted molar refractivity (Wildman–Crippen MR) is 84.6 cm³/mol. The Kier molecular flexibility index (Phi) is 4.99. The van der Waals surface area contributed by atoms with E-state index in [1.807, 2.05) is 6.07 Å². The molecular formula is C17H25FN2O. The number of hydrogen-bond donors (Lipinski definition) is 0. The lowest BCUT2D eigenvalue weighted by Crippen LogP contribution is -2.47. The number of Topliss-reactive ketones (excluding diaryl/α,β-unsaturated/α-hetero) is 1. The van der Waals surface area contributed by atoms with Crippen molar-refractivity contribution < 1.29 is 9.18 Å². The Morgan fingerprint density at radius 3 is 2.38 bits per heavy atom. The van der Waals surface area contributed by atoms with Gasteiger partial charge in [-0.25, -0.2) is 4.39 Å². The Morgan fingerprint density at radius 1 is 1.24 bits per heavy atom. The normalized spacial score (nSPS) is 16.6. The van der Waals surface area contributed by atoms with Crippen LogP contribution >= 0.6 is 0 Å². The van der Waals surface area contributed by atoms with Crippen LogP contribution in [0.15, 0.2) is 12.1 Å². The van der Waals surface area contributed by atoms with Gasteiger partial charge in [0.1, 0.15) is 5.82 Å². The molecule has 0 aliphatic carbocycles. The molecule has 1 saturated heterocycles. The van der Waals surface area contributed by atoms with E-state index in [1.54, 1.807) is 6.92 Å². The minimum Gasteiger partial charge on any atom is -0.368 e. The van der Waals surface area contributed by atoms with Gasteiger partial charge in [-0.2, -0.15) is 0 Å². The van der Waals surface area contributed by atoms with Gasteiger partial charge in [-0.15, -0.1) is 0 Å². The Hall–Kier alpha value is -1.42. The van der Waals surface area contributed by atoms with Crippen molar-refractivity contribution in [1.82, 2.24) is 4.90 Å². The molecule has 0 atom stereocenters. The van der Waals surface area contributed by atoms with Crippen LogP contribution in [0, 0.1) is 18.7 Å². The van der Waals surface area contributed by atoms with Crippen LogP contribution in [0.2, 0.25) is 0 Å². The number of carbonyl (C=O) groups is 1. The number of carbonyl (C=O) groups excluding carboxylic acids is 1. The highest BCUT2D eigenvalue weighted by Crippen LogP contribution is 2.26. The molecule has 0 aromatic heterocycles. The van der Waals surface area contributed by atoms with Crippen molar-refractivity contribution in [2.24, 2.45) is 5.92 Å². The maximum atomic E-state index is 13.7. The second kappa shape index (κ2) is 6.56. The largest absolute Gasteiger partial charge is 0.368 e. The molecule has 116 valence electrons. The van der Waals surface area contributed by atoms with Gasteiger partial charge in [0.05, 0.1) is 0 Å². The van der Waals surface area contributed by atoms with E-state index >= 15 is 0 Å². The van der Waals surface area contributed by atoms with E-state index in [0.717, 1.165) is 38.4 Å². The number of anilines is 1. The summed E-state index contributed by atoms with van der Waals surface area (Å²) in [4.78, 5) is 16.4. The number of rotatable bonds is 4. The van der Waals surface area contributed by atoms with Gasteiger partial charge < -0.3 is 4.90 Å². The van der Waals surface area contributed by atoms with Gasteiger partial charge in [-0.1, -0.05) is 13.8 Å². The summed E-state index contributed by atoms with van der Waals surface area (Å²) in [5.74, 6) is 0.285. The third-order valence-corrected chi connectivity index (χ3v) is 3.99. The van der Waals surface area contributed by atoms with Crippen molar-refractivity contribution in [1.29, 1.82) is 0 Å². The first-order valence-corrected chi connectivity index (χ1v) is 7.67. The summed E-state index contributed by atoms with van der Waals surface area (Å²) in [6.07, 6.45) is 0. The molecule has 0 N–H and O–H groups in total. The first kappa shape index (κ1) is 16.0. The fraction of sp³-hybridized carbons (Fsp3) is 0.588. The van der Waals surface area contributed by atoms with Crippen LogP contribution in [0.25, 0.3) is 0 Å². The van der Waals surface area contributed by atoms with E-state index in [0.29, 0.717) is 17.0 Å². The molecule has 0 bridgehead atoms. The van der Waals surface area contributed by atoms with Crippen LogP contribution in [0.4, 0.5) is 10.1 Å². The van der Waals surface area contributed by atoms with Crippen molar-refractivity contribution in [2.45, 2.75) is 27.7 Å². The van der Waals surface area contributed by atoms with Crippen molar-refractivity contribution in [3.05, 3.63) is 29.1 Å². The SMILES string of the molecule is CC(=O)c1cc(F)c(C)cc1N1CCN(CC(C)C)CC1. The van der Waals surface area contributed by atoms with Crippen LogP contribution in [0.1, 0.15) is 36.7 Å². The van der Waals surface area contributed by atoms with Crippen LogP contribution in [0.3, 0.4) is 0 Å². The number of halogens is 1. The summed E-state index contributed by atoms with van der Waals surface area (Å²) in [7, 11) is 0. The summed E-state index contributed by atoms with van der Waals surface area (Å²) in [5, 5.41) is 0. The molecule has 1 fully saturated rings. The van der Waals surface area contributed by atoms with Crippen molar-refractivity contribution >= 4 is 11.5 Å². The molecule has 0 spiro atoms. The predicted octanol–water partition coefficient (Wildman–Crippen LogP) is 3.11. The van der Waals surface area contributed by atoms with E-state index in [2.05, 4.69) is 23.6 Å². The smallest absolute Gasteiger partial charge is 0.161 e. The molecule has 3 nitrogen and oxygen atoms in total. The topological polar surface area (TPSA) is 23.6 Å². The third-order valence-electron chi connectivity index (χ3n) is 3.99. The highest BCUT2D eigenvalue weighted by atomic mass is 19.1. The summed E-state index contributed by atoms with van der Waals surface area (Å²) >= 11 is 0. The third kappa shape index (κ3) is 3.82. The number of aryl methyl sites for hydroxylation is 1. The number of hydrogen-bond acceptors (Lipinski definition) is 3. The zero-order chi connectivity index (χ0) is 15.6. The molecule has 4 heteroatoms. The summed E-state index contributed by atoms with van der Waals surface area (Å²) in [6.45, 7) is 12.6. The Bertz CT molecular complexity index is 520. The van der Waals surface area contributed by atoms with Crippen LogP contribution in [0.5, 0.6) is 0 Å². The number of ketones is 1. The molecule has 21 heavy (non-hydrogen) atoms. The van der Waals surface area contributed by atoms with Crippen LogP contribution in [-0.4, -0.2) is 43.4 Å². The van der Waals surface area contributed by atoms with Gasteiger partial charge in [0.25, 0.3) is 0 Å². The van der Waals surface area contributed by atoms with E-state index in [9.17, 15) is 9.18 Å². The van der Waals surface area contributed by atoms with Crippen LogP contribution in [-0.2, 0) is 0 Å². The number of benzene rings is 1. The maximum absolute atomic E-state index is 13.7. The fourth-order valence-corrected chi connectivity index (χ4v) is 2.90. The van der Waals surface area contributed by atoms with E-state index in [-0.39, 0.29) is 11.6 Å². The monoisotopic (exact) mass is 292 g/mol. The minimum atomic E-state index is -0.303. The van der Waals surface area contributed by atoms with E-state index in [4.69, 9.17) is 0 Å². The van der Waals surface area contributed by atoms with Gasteiger partial charge in [0.2, 0.25) is 0 Å². The Balaban J connectivity index is 2.16. The van der Waals surface area contributed by atoms with Crippen molar-refractivity contribution in [2.75, 3.05) is 37.6 Å². The molecule has 0 amide bonds. The average molecular weight is 292 g/mol. The van der Waals surface area contributed by atoms with Gasteiger partial charge in [-0.3, -0.25) is 9.69 Å². The average Bonchev–Trinajstić information content (AvgIpc) is 2.41. The lowest BCUT2D eigenvalue weighted by molar-refractivity contribution is 0.101. The maximum Gasteiger partial charge on any atom is 0.161 e. The first-order chi connectivity index (χ1) is 9.88. The lowest BCUT2D eigenvalue weighted by Gasteiger charge is -2.37. The second-order valence-corrected chi connectivity index (χ2v) is 6.36. The Labute approximate surface area is 126 Å². The van der Waals surface area contributed by atoms with Gasteiger partial charge in [0, 0.05) is 44.0 Å². The van der Waals surface area contributed by atoms with Crippen molar-refractivity contribution in [3.63, 3.8) is 0 Å². The highest BCUT2D eigenvalue weighted by Gasteiger charge is 2.22. The summed E-state index contributed by atoms with van der Waals surface area (Å²) in [5.41, 5.74) is 1.97. The van der Waals surface area contributed by atoms with E-state index in [1.165, 1.54) is 13.0 Å². The quantitative estimate of drug-likeness (QED) is 0.797. The molecular weight excluding hydrogens is 267 g/mol. The molecule has 0 unspecified atom stereocenters. The molecule has 0 radical (unpaired) electrons. The zero-order valence-electron chi connectivity index (χ0n) is 13.4. The minimum absolute atomic E-state index is 0.0755. The Morgan fingerprint density at radius 2 is 1.86 bits per heavy atom. The van der Waals surface area contributed by atoms with Crippen LogP contribution < -0.4 is 4.90 Å². The summed E-state index contributed by atoms with van der Waals surface area (Å²) in [6, 6.07) is 3.19. The number of piperazine rings is 1. The molecule has 1 aliphatic heterocycles. The molecule has 0 saturated carbocycles. The molecule has 2 rings (SSSR count). The standard InChI is InChI=1S/C17H25FN2O/c1-12(2)11-19-5-7-20(8-6-19)17-9-13(3)16(18)10-15(17)14(4)21/h9-10,12H,5-8,11H2,1-4H3. The molecule has 1 aromatic rings. The zero-order valence-corrected chi connectivity index (χ0v) is 13.4. The fourth-order valence-electron chi connectivity index (χ4n) is 2.90. The molecule has 1 heterocycles. The molecule has 1 aromatic carbocycles.